The van der Waals surface area contributed by atoms with Gasteiger partial charge in [0.1, 0.15) is 24.1 Å². The summed E-state index contributed by atoms with van der Waals surface area (Å²) in [6.45, 7) is 9.09. The smallest absolute Gasteiger partial charge is 0.271 e. The van der Waals surface area contributed by atoms with E-state index in [4.69, 9.17) is 19.2 Å². The van der Waals surface area contributed by atoms with E-state index in [1.54, 1.807) is 35.8 Å². The Morgan fingerprint density at radius 2 is 1.83 bits per heavy atom. The average Bonchev–Trinajstić information content (AvgIpc) is 3.60. The van der Waals surface area contributed by atoms with E-state index in [1.807, 2.05) is 72.8 Å². The molecular formula is C35H39N5O6S. The van der Waals surface area contributed by atoms with Crippen molar-refractivity contribution in [1.82, 2.24) is 18.9 Å². The highest BCUT2D eigenvalue weighted by Gasteiger charge is 2.36. The molecule has 0 bridgehead atoms. The van der Waals surface area contributed by atoms with Crippen LogP contribution >= 0.6 is 11.3 Å². The predicted molar refractivity (Wildman–Crippen MR) is 181 cm³/mol. The van der Waals surface area contributed by atoms with Gasteiger partial charge in [-0.05, 0) is 51.1 Å². The summed E-state index contributed by atoms with van der Waals surface area (Å²) in [6, 6.07) is 12.4. The predicted octanol–water partition coefficient (Wildman–Crippen LogP) is 2.93. The molecular weight excluding hydrogens is 618 g/mol. The number of aromatic nitrogens is 2. The van der Waals surface area contributed by atoms with Gasteiger partial charge in [-0.25, -0.2) is 4.99 Å². The third-order valence-corrected chi connectivity index (χ3v) is 9.79. The second kappa shape index (κ2) is 13.6. The van der Waals surface area contributed by atoms with Crippen molar-refractivity contribution in [3.8, 4) is 11.5 Å². The van der Waals surface area contributed by atoms with E-state index in [9.17, 15) is 14.4 Å². The number of methoxy groups -OCH3 is 2. The van der Waals surface area contributed by atoms with Crippen molar-refractivity contribution in [2.45, 2.75) is 33.4 Å². The normalized spacial score (nSPS) is 16.7. The van der Waals surface area contributed by atoms with Gasteiger partial charge in [-0.1, -0.05) is 29.5 Å². The number of carbonyl (C=O) groups excluding carboxylic acids is 2. The summed E-state index contributed by atoms with van der Waals surface area (Å²) in [5, 5.41) is 0.924. The minimum absolute atomic E-state index is 0.0214. The quantitative estimate of drug-likeness (QED) is 0.274. The highest BCUT2D eigenvalue weighted by atomic mass is 32.1. The fourth-order valence-electron chi connectivity index (χ4n) is 6.34. The van der Waals surface area contributed by atoms with E-state index in [2.05, 4.69) is 0 Å². The molecule has 2 aliphatic rings. The average molecular weight is 658 g/mol. The molecule has 246 valence electrons. The molecule has 2 aliphatic heterocycles. The molecule has 0 unspecified atom stereocenters. The summed E-state index contributed by atoms with van der Waals surface area (Å²) >= 11 is 1.27. The first-order valence-electron chi connectivity index (χ1n) is 15.8. The minimum atomic E-state index is -0.793. The first-order valence-corrected chi connectivity index (χ1v) is 16.6. The third-order valence-electron chi connectivity index (χ3n) is 8.81. The molecule has 1 atom stereocenters. The lowest BCUT2D eigenvalue weighted by Crippen LogP contribution is -2.43. The summed E-state index contributed by atoms with van der Waals surface area (Å²) < 4.78 is 20.7. The van der Waals surface area contributed by atoms with Gasteiger partial charge in [0, 0.05) is 54.4 Å². The maximum Gasteiger partial charge on any atom is 0.271 e. The van der Waals surface area contributed by atoms with Gasteiger partial charge in [0.05, 0.1) is 43.2 Å². The van der Waals surface area contributed by atoms with Gasteiger partial charge in [0.25, 0.3) is 11.5 Å². The van der Waals surface area contributed by atoms with Gasteiger partial charge in [-0.15, -0.1) is 0 Å². The molecule has 4 aromatic rings. The number of hydrogen-bond donors (Lipinski definition) is 0. The zero-order valence-electron chi connectivity index (χ0n) is 27.3. The maximum atomic E-state index is 14.4. The van der Waals surface area contributed by atoms with Crippen LogP contribution < -0.4 is 24.4 Å². The molecule has 0 aliphatic carbocycles. The van der Waals surface area contributed by atoms with Crippen molar-refractivity contribution in [2.75, 3.05) is 53.6 Å². The van der Waals surface area contributed by atoms with E-state index in [0.717, 1.165) is 16.5 Å². The molecule has 1 saturated heterocycles. The van der Waals surface area contributed by atoms with E-state index >= 15 is 0 Å². The number of benzene rings is 2. The number of amides is 2. The Kier molecular flexibility index (Phi) is 9.33. The number of hydrogen-bond acceptors (Lipinski definition) is 8. The summed E-state index contributed by atoms with van der Waals surface area (Å²) in [7, 11) is 3.14. The zero-order valence-corrected chi connectivity index (χ0v) is 28.1. The van der Waals surface area contributed by atoms with Gasteiger partial charge in [-0.2, -0.15) is 0 Å². The Bertz CT molecular complexity index is 2050. The second-order valence-corrected chi connectivity index (χ2v) is 12.4. The molecule has 11 nitrogen and oxygen atoms in total. The van der Waals surface area contributed by atoms with Crippen LogP contribution in [0.2, 0.25) is 0 Å². The van der Waals surface area contributed by atoms with Crippen molar-refractivity contribution in [2.24, 2.45) is 4.99 Å². The van der Waals surface area contributed by atoms with Crippen molar-refractivity contribution in [3.63, 3.8) is 0 Å². The zero-order chi connectivity index (χ0) is 33.2. The van der Waals surface area contributed by atoms with E-state index in [-0.39, 0.29) is 23.9 Å². The van der Waals surface area contributed by atoms with E-state index in [0.29, 0.717) is 77.1 Å². The SMILES string of the molecule is CCN(CC)C(=O)C1=C(C)N=c2s/c(=C\c3cn(CC(=O)N4CCOCC4)c4ccccc34)c(=O)n2[C@H]1c1cc(OC)ccc1OC. The van der Waals surface area contributed by atoms with Gasteiger partial charge >= 0.3 is 0 Å². The summed E-state index contributed by atoms with van der Waals surface area (Å²) in [5.41, 5.74) is 3.02. The molecule has 1 fully saturated rings. The van der Waals surface area contributed by atoms with Crippen LogP contribution in [0.3, 0.4) is 0 Å². The van der Waals surface area contributed by atoms with Gasteiger partial charge < -0.3 is 28.6 Å². The van der Waals surface area contributed by atoms with Crippen molar-refractivity contribution in [1.29, 1.82) is 0 Å². The summed E-state index contributed by atoms with van der Waals surface area (Å²) in [5.74, 6) is 0.936. The second-order valence-electron chi connectivity index (χ2n) is 11.4. The number of morpholine rings is 1. The Labute approximate surface area is 276 Å². The Balaban J connectivity index is 1.51. The molecule has 0 N–H and O–H groups in total. The van der Waals surface area contributed by atoms with Crippen LogP contribution in [0.15, 0.2) is 69.7 Å². The molecule has 2 aromatic heterocycles. The highest BCUT2D eigenvalue weighted by Crippen LogP contribution is 2.38. The minimum Gasteiger partial charge on any atom is -0.497 e. The number of para-hydroxylation sites is 1. The molecule has 6 rings (SSSR count). The fraction of sp³-hybridized carbons (Fsp3) is 0.371. The Morgan fingerprint density at radius 3 is 2.53 bits per heavy atom. The van der Waals surface area contributed by atoms with Crippen LogP contribution in [-0.2, 0) is 20.9 Å². The molecule has 4 heterocycles. The van der Waals surface area contributed by atoms with Crippen molar-refractivity contribution in [3.05, 3.63) is 90.7 Å². The topological polar surface area (TPSA) is 108 Å². The highest BCUT2D eigenvalue weighted by molar-refractivity contribution is 7.07. The maximum absolute atomic E-state index is 14.4. The Hall–Kier alpha value is -4.68. The van der Waals surface area contributed by atoms with Crippen LogP contribution in [0.4, 0.5) is 0 Å². The number of likely N-dealkylation sites (N-methyl/N-ethyl adjacent to an activating group) is 1. The van der Waals surface area contributed by atoms with Gasteiger partial charge in [0.15, 0.2) is 4.80 Å². The molecule has 47 heavy (non-hydrogen) atoms. The molecule has 0 spiro atoms. The largest absolute Gasteiger partial charge is 0.497 e. The summed E-state index contributed by atoms with van der Waals surface area (Å²) in [6.07, 6.45) is 3.78. The fourth-order valence-corrected chi connectivity index (χ4v) is 7.38. The number of fused-ring (bicyclic) bond motifs is 2. The number of carbonyl (C=O) groups is 2. The standard InChI is InChI=1S/C35H39N5O6S/c1-6-37(7-2)34(43)31-22(3)36-35-40(32(31)26-19-24(44-4)12-13-28(26)45-5)33(42)29(47-35)18-23-20-39(27-11-9-8-10-25(23)27)21-30(41)38-14-16-46-17-15-38/h8-13,18-20,32H,6-7,14-17,21H2,1-5H3/b29-18-/t32-/m0/s1. The molecule has 0 radical (unpaired) electrons. The molecule has 0 saturated carbocycles. The number of thiazole rings is 1. The van der Waals surface area contributed by atoms with Gasteiger partial charge in [0.2, 0.25) is 5.91 Å². The first-order chi connectivity index (χ1) is 22.8. The molecule has 2 aromatic carbocycles. The number of allylic oxidation sites excluding steroid dienone is 1. The van der Waals surface area contributed by atoms with Crippen LogP contribution in [-0.4, -0.2) is 84.4 Å². The van der Waals surface area contributed by atoms with Crippen LogP contribution in [0.5, 0.6) is 11.5 Å². The first kappa shape index (κ1) is 32.3. The number of nitrogens with zero attached hydrogens (tertiary/aromatic N) is 5. The Morgan fingerprint density at radius 1 is 1.09 bits per heavy atom. The molecule has 12 heteroatoms. The van der Waals surface area contributed by atoms with Crippen molar-refractivity contribution < 1.29 is 23.8 Å². The molecule has 2 amide bonds. The number of rotatable bonds is 9. The van der Waals surface area contributed by atoms with Crippen LogP contribution in [0.25, 0.3) is 17.0 Å². The monoisotopic (exact) mass is 657 g/mol. The van der Waals surface area contributed by atoms with Gasteiger partial charge in [-0.3, -0.25) is 19.0 Å². The lowest BCUT2D eigenvalue weighted by atomic mass is 9.93. The lowest BCUT2D eigenvalue weighted by Gasteiger charge is -2.30. The lowest BCUT2D eigenvalue weighted by molar-refractivity contribution is -0.135. The van der Waals surface area contributed by atoms with Crippen molar-refractivity contribution >= 4 is 40.1 Å². The third kappa shape index (κ3) is 5.98. The number of ether oxygens (including phenoxy) is 3. The van der Waals surface area contributed by atoms with Crippen LogP contribution in [0, 0.1) is 0 Å². The van der Waals surface area contributed by atoms with E-state index < -0.39 is 6.04 Å². The van der Waals surface area contributed by atoms with Crippen LogP contribution in [0.1, 0.15) is 37.9 Å². The van der Waals surface area contributed by atoms with E-state index in [1.165, 1.54) is 11.3 Å². The summed E-state index contributed by atoms with van der Waals surface area (Å²) in [4.78, 5) is 50.5.